The number of para-hydroxylation sites is 4. The Morgan fingerprint density at radius 1 is 1.00 bits per heavy atom. The van der Waals surface area contributed by atoms with Crippen LogP contribution in [0.1, 0.15) is 72.1 Å². The Hall–Kier alpha value is -5.00. The smallest absolute Gasteiger partial charge is 0.296 e. The van der Waals surface area contributed by atoms with Gasteiger partial charge >= 0.3 is 0 Å². The SMILES string of the molecule is C/C=C/CCCCC(=O)Nc1ccccc1NC(=O)C(=O)CNC(=O)[C@H]1CN(C(=O)C(Nc2nc3ccccc3o2)C(C)C)CC12CC21CCC1. The highest BCUT2D eigenvalue weighted by atomic mass is 16.4. The van der Waals surface area contributed by atoms with Crippen LogP contribution < -0.4 is 21.3 Å². The number of likely N-dealkylation sites (tertiary alicyclic amines) is 1. The van der Waals surface area contributed by atoms with Crippen molar-refractivity contribution in [2.45, 2.75) is 78.2 Å². The van der Waals surface area contributed by atoms with Crippen molar-refractivity contribution in [1.82, 2.24) is 15.2 Å². The fourth-order valence-electron chi connectivity index (χ4n) is 7.93. The van der Waals surface area contributed by atoms with Crippen LogP contribution in [0.15, 0.2) is 65.1 Å². The molecule has 4 amide bonds. The van der Waals surface area contributed by atoms with Crippen molar-refractivity contribution in [3.05, 3.63) is 60.7 Å². The van der Waals surface area contributed by atoms with Crippen LogP contribution in [0.2, 0.25) is 0 Å². The van der Waals surface area contributed by atoms with Gasteiger partial charge in [-0.1, -0.05) is 56.7 Å². The number of hydrogen-bond donors (Lipinski definition) is 4. The van der Waals surface area contributed by atoms with E-state index in [1.807, 2.05) is 51.1 Å². The van der Waals surface area contributed by atoms with Crippen LogP contribution in [-0.2, 0) is 24.0 Å². The summed E-state index contributed by atoms with van der Waals surface area (Å²) in [7, 11) is 0. The second-order valence-corrected chi connectivity index (χ2v) is 14.6. The minimum atomic E-state index is -0.895. The second-order valence-electron chi connectivity index (χ2n) is 14.6. The Morgan fingerprint density at radius 3 is 2.39 bits per heavy atom. The fourth-order valence-corrected chi connectivity index (χ4v) is 7.93. The summed E-state index contributed by atoms with van der Waals surface area (Å²) in [6.07, 6.45) is 10.9. The second kappa shape index (κ2) is 15.1. The summed E-state index contributed by atoms with van der Waals surface area (Å²) in [6, 6.07) is 13.7. The van der Waals surface area contributed by atoms with Crippen molar-refractivity contribution in [2.75, 3.05) is 35.6 Å². The van der Waals surface area contributed by atoms with Gasteiger partial charge in [0.1, 0.15) is 11.6 Å². The highest BCUT2D eigenvalue weighted by molar-refractivity contribution is 6.41. The molecule has 4 N–H and O–H groups in total. The third kappa shape index (κ3) is 7.55. The first-order chi connectivity index (χ1) is 24.6. The van der Waals surface area contributed by atoms with Gasteiger partial charge in [-0.05, 0) is 81.0 Å². The van der Waals surface area contributed by atoms with Crippen LogP contribution in [0.3, 0.4) is 0 Å². The van der Waals surface area contributed by atoms with E-state index < -0.39 is 30.2 Å². The number of Topliss-reactive ketones (excluding diaryl/α,β-unsaturated/α-hetero) is 1. The summed E-state index contributed by atoms with van der Waals surface area (Å²) >= 11 is 0. The monoisotopic (exact) mass is 696 g/mol. The van der Waals surface area contributed by atoms with Crippen LogP contribution in [0.4, 0.5) is 17.4 Å². The minimum Gasteiger partial charge on any atom is -0.424 e. The number of ketones is 1. The number of anilines is 3. The number of carbonyl (C=O) groups is 5. The number of benzene rings is 2. The number of amides is 4. The number of allylic oxidation sites excluding steroid dienone is 2. The van der Waals surface area contributed by atoms with E-state index in [0.29, 0.717) is 35.4 Å². The van der Waals surface area contributed by atoms with Gasteiger partial charge in [0.15, 0.2) is 5.58 Å². The van der Waals surface area contributed by atoms with E-state index in [-0.39, 0.29) is 47.0 Å². The number of nitrogens with one attached hydrogen (secondary N) is 4. The molecule has 1 aromatic heterocycles. The number of unbranched alkanes of at least 4 members (excludes halogenated alkanes) is 2. The first-order valence-corrected chi connectivity index (χ1v) is 18.1. The molecule has 0 radical (unpaired) electrons. The van der Waals surface area contributed by atoms with E-state index >= 15 is 0 Å². The maximum atomic E-state index is 14.0. The summed E-state index contributed by atoms with van der Waals surface area (Å²) in [4.78, 5) is 72.5. The average Bonchev–Trinajstić information content (AvgIpc) is 3.37. The molecule has 6 rings (SSSR count). The largest absolute Gasteiger partial charge is 0.424 e. The minimum absolute atomic E-state index is 0.0349. The molecule has 3 aliphatic rings. The van der Waals surface area contributed by atoms with Crippen molar-refractivity contribution >= 4 is 57.9 Å². The third-order valence-electron chi connectivity index (χ3n) is 11.0. The Balaban J connectivity index is 1.06. The molecule has 2 spiro atoms. The molecule has 1 aliphatic heterocycles. The van der Waals surface area contributed by atoms with Crippen LogP contribution in [-0.4, -0.2) is 65.0 Å². The van der Waals surface area contributed by atoms with Crippen molar-refractivity contribution in [2.24, 2.45) is 22.7 Å². The van der Waals surface area contributed by atoms with Gasteiger partial charge in [0, 0.05) is 24.9 Å². The molecule has 2 aliphatic carbocycles. The number of rotatable bonds is 15. The number of carbonyl (C=O) groups excluding carboxylic acids is 5. The molecule has 12 heteroatoms. The van der Waals surface area contributed by atoms with Gasteiger partial charge in [-0.2, -0.15) is 4.98 Å². The predicted molar refractivity (Wildman–Crippen MR) is 195 cm³/mol. The average molecular weight is 697 g/mol. The lowest BCUT2D eigenvalue weighted by molar-refractivity contribution is -0.136. The number of aromatic nitrogens is 1. The predicted octanol–water partition coefficient (Wildman–Crippen LogP) is 5.68. The molecule has 2 saturated carbocycles. The maximum absolute atomic E-state index is 14.0. The Bertz CT molecular complexity index is 1800. The summed E-state index contributed by atoms with van der Waals surface area (Å²) in [5.74, 6) is -2.93. The van der Waals surface area contributed by atoms with Crippen molar-refractivity contribution in [3.63, 3.8) is 0 Å². The van der Waals surface area contributed by atoms with Gasteiger partial charge in [-0.15, -0.1) is 0 Å². The molecule has 3 fully saturated rings. The molecule has 0 bridgehead atoms. The van der Waals surface area contributed by atoms with Gasteiger partial charge < -0.3 is 30.6 Å². The topological polar surface area (TPSA) is 163 Å². The molecular weight excluding hydrogens is 648 g/mol. The number of hydrogen-bond acceptors (Lipinski definition) is 8. The fraction of sp³-hybridized carbons (Fsp3) is 0.487. The van der Waals surface area contributed by atoms with E-state index in [9.17, 15) is 24.0 Å². The summed E-state index contributed by atoms with van der Waals surface area (Å²) in [6.45, 7) is 6.09. The molecule has 2 aromatic carbocycles. The van der Waals surface area contributed by atoms with Gasteiger partial charge in [-0.25, -0.2) is 0 Å². The number of oxazole rings is 1. The number of nitrogens with zero attached hydrogens (tertiary/aromatic N) is 2. The molecule has 3 aromatic rings. The first kappa shape index (κ1) is 35.8. The maximum Gasteiger partial charge on any atom is 0.296 e. The standard InChI is InChI=1S/C39H48N6O6/c1-4-5-6-7-8-18-32(47)41-27-14-9-10-15-28(27)42-35(49)30(46)21-40-34(48)26-22-45(24-39(26)23-38(39)19-13-20-38)36(50)33(25(2)3)44-37-43-29-16-11-12-17-31(29)51-37/h4-5,9-12,14-17,25-26,33H,6-8,13,18-24H2,1-3H3,(H,40,48)(H,41,47)(H,42,49)(H,43,44)/b5-4+/t26-,33?,39?/m1/s1. The highest BCUT2D eigenvalue weighted by Gasteiger charge is 2.76. The molecule has 270 valence electrons. The lowest BCUT2D eigenvalue weighted by atomic mass is 9.71. The molecule has 1 saturated heterocycles. The summed E-state index contributed by atoms with van der Waals surface area (Å²) in [5.41, 5.74) is 1.69. The van der Waals surface area contributed by atoms with Gasteiger partial charge in [0.2, 0.25) is 23.5 Å². The van der Waals surface area contributed by atoms with E-state index in [2.05, 4.69) is 32.3 Å². The zero-order chi connectivity index (χ0) is 36.2. The summed E-state index contributed by atoms with van der Waals surface area (Å²) in [5, 5.41) is 11.3. The van der Waals surface area contributed by atoms with E-state index in [1.165, 1.54) is 0 Å². The third-order valence-corrected chi connectivity index (χ3v) is 11.0. The molecular formula is C39H48N6O6. The molecule has 3 atom stereocenters. The van der Waals surface area contributed by atoms with Gasteiger partial charge in [-0.3, -0.25) is 24.0 Å². The Morgan fingerprint density at radius 2 is 1.73 bits per heavy atom. The normalized spacial score (nSPS) is 20.8. The van der Waals surface area contributed by atoms with Gasteiger partial charge in [0.05, 0.1) is 23.8 Å². The molecule has 2 unspecified atom stereocenters. The zero-order valence-electron chi connectivity index (χ0n) is 29.6. The van der Waals surface area contributed by atoms with Gasteiger partial charge in [0.25, 0.3) is 11.9 Å². The van der Waals surface area contributed by atoms with Crippen molar-refractivity contribution in [1.29, 1.82) is 0 Å². The van der Waals surface area contributed by atoms with E-state index in [4.69, 9.17) is 4.42 Å². The van der Waals surface area contributed by atoms with Crippen molar-refractivity contribution in [3.8, 4) is 0 Å². The van der Waals surface area contributed by atoms with E-state index in [0.717, 1.165) is 44.9 Å². The Labute approximate surface area is 298 Å². The molecule has 2 heterocycles. The quantitative estimate of drug-likeness (QED) is 0.0896. The zero-order valence-corrected chi connectivity index (χ0v) is 29.6. The number of fused-ring (bicyclic) bond motifs is 2. The highest BCUT2D eigenvalue weighted by Crippen LogP contribution is 2.78. The summed E-state index contributed by atoms with van der Waals surface area (Å²) < 4.78 is 5.85. The molecule has 12 nitrogen and oxygen atoms in total. The lowest BCUT2D eigenvalue weighted by Crippen LogP contribution is -2.45. The van der Waals surface area contributed by atoms with Crippen LogP contribution >= 0.6 is 0 Å². The van der Waals surface area contributed by atoms with Crippen LogP contribution in [0.5, 0.6) is 0 Å². The lowest BCUT2D eigenvalue weighted by Gasteiger charge is -2.33. The van der Waals surface area contributed by atoms with Crippen molar-refractivity contribution < 1.29 is 28.4 Å². The van der Waals surface area contributed by atoms with Crippen LogP contribution in [0, 0.1) is 22.7 Å². The van der Waals surface area contributed by atoms with E-state index in [1.54, 1.807) is 29.2 Å². The Kier molecular flexibility index (Phi) is 10.6. The van der Waals surface area contributed by atoms with Crippen LogP contribution in [0.25, 0.3) is 11.1 Å². The molecule has 51 heavy (non-hydrogen) atoms. The first-order valence-electron chi connectivity index (χ1n) is 18.1.